The third kappa shape index (κ3) is 6.26. The SMILES string of the molecule is C=C(/N=C(\C(=C/C)C(F)(F)F)N1CCc2cc(Cl)c(Cl)cc2C1)Nc1ccc(P(C)(C)=O)cc1. The molecule has 0 atom stereocenters. The van der Waals surface area contributed by atoms with E-state index in [0.717, 1.165) is 17.2 Å². The molecule has 1 aliphatic rings. The van der Waals surface area contributed by atoms with E-state index in [1.54, 1.807) is 54.6 Å². The molecule has 0 unspecified atom stereocenters. The minimum Gasteiger partial charge on any atom is -0.351 e. The van der Waals surface area contributed by atoms with Gasteiger partial charge in [-0.2, -0.15) is 13.2 Å². The summed E-state index contributed by atoms with van der Waals surface area (Å²) in [5.41, 5.74) is 1.46. The van der Waals surface area contributed by atoms with Gasteiger partial charge >= 0.3 is 6.18 Å². The van der Waals surface area contributed by atoms with Crippen molar-refractivity contribution in [3.63, 3.8) is 0 Å². The molecule has 0 aliphatic carbocycles. The van der Waals surface area contributed by atoms with Crippen LogP contribution in [0.4, 0.5) is 18.9 Å². The van der Waals surface area contributed by atoms with Gasteiger partial charge in [-0.3, -0.25) is 0 Å². The Morgan fingerprint density at radius 1 is 1.15 bits per heavy atom. The number of anilines is 1. The third-order valence-corrected chi connectivity index (χ3v) is 7.67. The van der Waals surface area contributed by atoms with Gasteiger partial charge in [-0.15, -0.1) is 0 Å². The zero-order valence-corrected chi connectivity index (χ0v) is 21.4. The molecule has 1 N–H and O–H groups in total. The molecule has 0 saturated heterocycles. The Balaban J connectivity index is 1.92. The van der Waals surface area contributed by atoms with E-state index in [1.165, 1.54) is 6.92 Å². The first-order valence-electron chi connectivity index (χ1n) is 10.5. The Kier molecular flexibility index (Phi) is 7.91. The standard InChI is InChI=1S/C24H25Cl2F3N3OP/c1-5-20(24(27,28)29)23(32-11-10-16-12-21(25)22(26)13-17(16)14-32)31-15(2)30-18-6-8-19(9-7-18)34(3,4)33/h5-9,12-13,30H,2,10-11,14H2,1,3-4H3/b20-5+,31-23+. The van der Waals surface area contributed by atoms with Gasteiger partial charge in [0.25, 0.3) is 0 Å². The van der Waals surface area contributed by atoms with Crippen molar-refractivity contribution in [1.82, 2.24) is 4.90 Å². The minimum atomic E-state index is -4.60. The van der Waals surface area contributed by atoms with Crippen LogP contribution in [0.3, 0.4) is 0 Å². The maximum absolute atomic E-state index is 13.9. The van der Waals surface area contributed by atoms with Crippen LogP contribution in [0.5, 0.6) is 0 Å². The average molecular weight is 530 g/mol. The molecule has 1 heterocycles. The lowest BCUT2D eigenvalue weighted by Crippen LogP contribution is -2.40. The molecule has 2 aromatic carbocycles. The van der Waals surface area contributed by atoms with Crippen LogP contribution in [0.25, 0.3) is 0 Å². The fraction of sp³-hybridized carbons (Fsp3) is 0.292. The molecule has 0 amide bonds. The highest BCUT2D eigenvalue weighted by Crippen LogP contribution is 2.35. The number of halogens is 5. The molecular formula is C24H25Cl2F3N3OP. The number of fused-ring (bicyclic) bond motifs is 1. The van der Waals surface area contributed by atoms with Crippen LogP contribution in [-0.2, 0) is 17.5 Å². The number of nitrogens with zero attached hydrogens (tertiary/aromatic N) is 2. The van der Waals surface area contributed by atoms with Gasteiger partial charge in [0.05, 0.1) is 15.6 Å². The van der Waals surface area contributed by atoms with Crippen molar-refractivity contribution in [1.29, 1.82) is 0 Å². The molecule has 0 radical (unpaired) electrons. The second kappa shape index (κ2) is 10.2. The van der Waals surface area contributed by atoms with Crippen LogP contribution >= 0.6 is 30.3 Å². The van der Waals surface area contributed by atoms with E-state index < -0.39 is 18.9 Å². The summed E-state index contributed by atoms with van der Waals surface area (Å²) < 4.78 is 53.8. The lowest BCUT2D eigenvalue weighted by atomic mass is 9.99. The van der Waals surface area contributed by atoms with Gasteiger partial charge in [0.2, 0.25) is 0 Å². The number of benzene rings is 2. The second-order valence-electron chi connectivity index (χ2n) is 8.31. The normalized spacial score (nSPS) is 15.2. The Hall–Kier alpha value is -2.21. The van der Waals surface area contributed by atoms with E-state index in [1.807, 2.05) is 0 Å². The summed E-state index contributed by atoms with van der Waals surface area (Å²) >= 11 is 12.2. The largest absolute Gasteiger partial charge is 0.419 e. The van der Waals surface area contributed by atoms with Crippen LogP contribution < -0.4 is 10.6 Å². The number of hydrogen-bond donors (Lipinski definition) is 1. The summed E-state index contributed by atoms with van der Waals surface area (Å²) in [7, 11) is -2.42. The second-order valence-corrected chi connectivity index (χ2v) is 12.3. The molecule has 0 spiro atoms. The maximum Gasteiger partial charge on any atom is 0.419 e. The number of aliphatic imine (C=N–C) groups is 1. The Morgan fingerprint density at radius 3 is 2.26 bits per heavy atom. The van der Waals surface area contributed by atoms with Crippen LogP contribution in [-0.4, -0.2) is 36.8 Å². The minimum absolute atomic E-state index is 0.0439. The van der Waals surface area contributed by atoms with E-state index >= 15 is 0 Å². The third-order valence-electron chi connectivity index (χ3n) is 5.41. The van der Waals surface area contributed by atoms with Gasteiger partial charge in [0.1, 0.15) is 18.8 Å². The molecule has 0 aromatic heterocycles. The van der Waals surface area contributed by atoms with Crippen molar-refractivity contribution in [2.45, 2.75) is 26.1 Å². The number of amidine groups is 1. The fourth-order valence-electron chi connectivity index (χ4n) is 3.68. The molecule has 34 heavy (non-hydrogen) atoms. The van der Waals surface area contributed by atoms with E-state index in [0.29, 0.717) is 34.0 Å². The summed E-state index contributed by atoms with van der Waals surface area (Å²) in [5.74, 6) is -0.185. The highest BCUT2D eigenvalue weighted by atomic mass is 35.5. The zero-order valence-electron chi connectivity index (χ0n) is 19.0. The molecule has 10 heteroatoms. The molecular weight excluding hydrogens is 505 g/mol. The van der Waals surface area contributed by atoms with Gasteiger partial charge < -0.3 is 14.8 Å². The van der Waals surface area contributed by atoms with Crippen LogP contribution in [0.15, 0.2) is 65.4 Å². The monoisotopic (exact) mass is 529 g/mol. The molecule has 4 nitrogen and oxygen atoms in total. The van der Waals surface area contributed by atoms with Gasteiger partial charge in [0.15, 0.2) is 0 Å². The summed E-state index contributed by atoms with van der Waals surface area (Å²) in [6.45, 7) is 8.99. The first-order chi connectivity index (χ1) is 15.8. The smallest absolute Gasteiger partial charge is 0.351 e. The molecule has 0 bridgehead atoms. The van der Waals surface area contributed by atoms with Crippen molar-refractivity contribution < 1.29 is 17.7 Å². The molecule has 1 aliphatic heterocycles. The Bertz CT molecular complexity index is 1200. The van der Waals surface area contributed by atoms with Crippen molar-refractivity contribution in [3.05, 3.63) is 81.6 Å². The predicted octanol–water partition coefficient (Wildman–Crippen LogP) is 7.09. The number of alkyl halides is 3. The fourth-order valence-corrected chi connectivity index (χ4v) is 4.92. The van der Waals surface area contributed by atoms with E-state index in [2.05, 4.69) is 16.9 Å². The highest BCUT2D eigenvalue weighted by molar-refractivity contribution is 7.70. The molecule has 3 rings (SSSR count). The van der Waals surface area contributed by atoms with Crippen molar-refractivity contribution in [2.75, 3.05) is 25.2 Å². The topological polar surface area (TPSA) is 44.7 Å². The summed E-state index contributed by atoms with van der Waals surface area (Å²) in [4.78, 5) is 5.82. The van der Waals surface area contributed by atoms with Crippen LogP contribution in [0.1, 0.15) is 18.1 Å². The highest BCUT2D eigenvalue weighted by Gasteiger charge is 2.39. The van der Waals surface area contributed by atoms with Crippen LogP contribution in [0, 0.1) is 0 Å². The van der Waals surface area contributed by atoms with Crippen molar-refractivity contribution in [3.8, 4) is 0 Å². The van der Waals surface area contributed by atoms with Gasteiger partial charge in [-0.05, 0) is 74.2 Å². The molecule has 0 fully saturated rings. The van der Waals surface area contributed by atoms with Gasteiger partial charge in [-0.25, -0.2) is 4.99 Å². The van der Waals surface area contributed by atoms with Crippen molar-refractivity contribution in [2.24, 2.45) is 4.99 Å². The number of hydrogen-bond acceptors (Lipinski definition) is 3. The number of allylic oxidation sites excluding steroid dienone is 1. The first-order valence-corrected chi connectivity index (χ1v) is 13.8. The van der Waals surface area contributed by atoms with Crippen LogP contribution in [0.2, 0.25) is 10.0 Å². The number of rotatable bonds is 5. The zero-order chi connectivity index (χ0) is 25.3. The van der Waals surface area contributed by atoms with Gasteiger partial charge in [-0.1, -0.05) is 35.9 Å². The van der Waals surface area contributed by atoms with E-state index in [9.17, 15) is 17.7 Å². The Morgan fingerprint density at radius 2 is 1.74 bits per heavy atom. The summed E-state index contributed by atoms with van der Waals surface area (Å²) in [6, 6.07) is 10.2. The molecule has 2 aromatic rings. The Labute approximate surface area is 207 Å². The summed E-state index contributed by atoms with van der Waals surface area (Å²) in [6.07, 6.45) is -3.10. The molecule has 182 valence electrons. The average Bonchev–Trinajstić information content (AvgIpc) is 2.73. The van der Waals surface area contributed by atoms with Crippen molar-refractivity contribution >= 4 is 47.2 Å². The van der Waals surface area contributed by atoms with E-state index in [4.69, 9.17) is 23.2 Å². The van der Waals surface area contributed by atoms with Gasteiger partial charge in [0, 0.05) is 24.1 Å². The molecule has 0 saturated carbocycles. The predicted molar refractivity (Wildman–Crippen MR) is 136 cm³/mol. The number of nitrogens with one attached hydrogen (secondary N) is 1. The quantitative estimate of drug-likeness (QED) is 0.255. The first kappa shape index (κ1) is 26.4. The maximum atomic E-state index is 13.9. The lowest BCUT2D eigenvalue weighted by Gasteiger charge is -2.33. The lowest BCUT2D eigenvalue weighted by molar-refractivity contribution is -0.0871. The summed E-state index contributed by atoms with van der Waals surface area (Å²) in [5, 5.41) is 4.39. The van der Waals surface area contributed by atoms with E-state index in [-0.39, 0.29) is 18.2 Å².